The number of rotatable bonds is 7. The first-order chi connectivity index (χ1) is 5.91. The largest absolute Gasteiger partial charge is 0.377 e. The lowest BCUT2D eigenvalue weighted by molar-refractivity contribution is 0.0638. The van der Waals surface area contributed by atoms with Crippen molar-refractivity contribution in [2.45, 2.75) is 6.92 Å². The van der Waals surface area contributed by atoms with E-state index in [0.717, 1.165) is 0 Å². The lowest BCUT2D eigenvalue weighted by atomic mass is 10.6. The van der Waals surface area contributed by atoms with E-state index >= 15 is 0 Å². The smallest absolute Gasteiger partial charge is 0.107 e. The summed E-state index contributed by atoms with van der Waals surface area (Å²) >= 11 is 0. The van der Waals surface area contributed by atoms with Crippen molar-refractivity contribution in [3.8, 4) is 12.3 Å². The zero-order chi connectivity index (χ0) is 9.07. The standard InChI is InChI=1S/C9H15NO2/c1-3-6-11-8-9-12-7-5-10-4-2/h1,4H,5-9H2,2H3/b10-4-. The molecule has 0 radical (unpaired) electrons. The van der Waals surface area contributed by atoms with Crippen molar-refractivity contribution in [1.29, 1.82) is 0 Å². The van der Waals surface area contributed by atoms with Crippen LogP contribution in [-0.4, -0.2) is 39.2 Å². The first-order valence-corrected chi connectivity index (χ1v) is 3.95. The molecule has 0 aliphatic carbocycles. The van der Waals surface area contributed by atoms with Crippen LogP contribution in [0.2, 0.25) is 0 Å². The monoisotopic (exact) mass is 169 g/mol. The molecule has 0 aliphatic rings. The van der Waals surface area contributed by atoms with Gasteiger partial charge in [-0.3, -0.25) is 4.99 Å². The molecule has 0 amide bonds. The van der Waals surface area contributed by atoms with Crippen molar-refractivity contribution in [3.05, 3.63) is 0 Å². The Labute approximate surface area is 73.8 Å². The van der Waals surface area contributed by atoms with E-state index in [2.05, 4.69) is 10.9 Å². The Morgan fingerprint density at radius 1 is 1.33 bits per heavy atom. The second kappa shape index (κ2) is 10.2. The lowest BCUT2D eigenvalue weighted by Crippen LogP contribution is -2.06. The van der Waals surface area contributed by atoms with Crippen LogP contribution in [0.15, 0.2) is 4.99 Å². The van der Waals surface area contributed by atoms with Gasteiger partial charge in [0.15, 0.2) is 0 Å². The van der Waals surface area contributed by atoms with Gasteiger partial charge in [0.05, 0.1) is 26.4 Å². The molecule has 0 saturated carbocycles. The van der Waals surface area contributed by atoms with Gasteiger partial charge in [0.25, 0.3) is 0 Å². The zero-order valence-electron chi connectivity index (χ0n) is 7.45. The number of hydrogen-bond donors (Lipinski definition) is 0. The summed E-state index contributed by atoms with van der Waals surface area (Å²) in [4.78, 5) is 3.98. The van der Waals surface area contributed by atoms with Gasteiger partial charge in [0.1, 0.15) is 6.61 Å². The van der Waals surface area contributed by atoms with E-state index in [0.29, 0.717) is 33.0 Å². The molecule has 0 aliphatic heterocycles. The van der Waals surface area contributed by atoms with Gasteiger partial charge in [-0.2, -0.15) is 0 Å². The highest BCUT2D eigenvalue weighted by Crippen LogP contribution is 1.78. The molecule has 12 heavy (non-hydrogen) atoms. The van der Waals surface area contributed by atoms with E-state index < -0.39 is 0 Å². The summed E-state index contributed by atoms with van der Waals surface area (Å²) in [6, 6.07) is 0. The van der Waals surface area contributed by atoms with E-state index in [9.17, 15) is 0 Å². The molecule has 0 heterocycles. The quantitative estimate of drug-likeness (QED) is 0.320. The van der Waals surface area contributed by atoms with Gasteiger partial charge in [-0.1, -0.05) is 5.92 Å². The first kappa shape index (κ1) is 11.2. The fourth-order valence-corrected chi connectivity index (χ4v) is 0.597. The topological polar surface area (TPSA) is 30.8 Å². The predicted molar refractivity (Wildman–Crippen MR) is 49.5 cm³/mol. The van der Waals surface area contributed by atoms with Crippen LogP contribution in [0.4, 0.5) is 0 Å². The zero-order valence-corrected chi connectivity index (χ0v) is 7.45. The predicted octanol–water partition coefficient (Wildman–Crippen LogP) is 0.743. The first-order valence-electron chi connectivity index (χ1n) is 3.95. The molecular formula is C9H15NO2. The van der Waals surface area contributed by atoms with Crippen LogP contribution < -0.4 is 0 Å². The molecule has 68 valence electrons. The maximum atomic E-state index is 5.17. The van der Waals surface area contributed by atoms with E-state index in [4.69, 9.17) is 15.9 Å². The van der Waals surface area contributed by atoms with E-state index in [1.807, 2.05) is 6.92 Å². The number of nitrogens with zero attached hydrogens (tertiary/aromatic N) is 1. The third-order valence-electron chi connectivity index (χ3n) is 1.10. The van der Waals surface area contributed by atoms with Crippen LogP contribution in [0.25, 0.3) is 0 Å². The Morgan fingerprint density at radius 3 is 2.75 bits per heavy atom. The molecule has 0 N–H and O–H groups in total. The molecular weight excluding hydrogens is 154 g/mol. The van der Waals surface area contributed by atoms with E-state index in [1.165, 1.54) is 0 Å². The van der Waals surface area contributed by atoms with Gasteiger partial charge in [0, 0.05) is 0 Å². The summed E-state index contributed by atoms with van der Waals surface area (Å²) in [5.74, 6) is 2.38. The van der Waals surface area contributed by atoms with Crippen molar-refractivity contribution in [1.82, 2.24) is 0 Å². The molecule has 0 unspecified atom stereocenters. The minimum atomic E-state index is 0.358. The van der Waals surface area contributed by atoms with Crippen molar-refractivity contribution in [2.24, 2.45) is 4.99 Å². The Morgan fingerprint density at radius 2 is 2.08 bits per heavy atom. The van der Waals surface area contributed by atoms with Crippen LogP contribution >= 0.6 is 0 Å². The van der Waals surface area contributed by atoms with Gasteiger partial charge in [0.2, 0.25) is 0 Å². The average Bonchev–Trinajstić information content (AvgIpc) is 2.10. The van der Waals surface area contributed by atoms with Gasteiger partial charge in [-0.05, 0) is 13.1 Å². The Hall–Kier alpha value is -0.850. The maximum absolute atomic E-state index is 5.17. The Balaban J connectivity index is 2.87. The summed E-state index contributed by atoms with van der Waals surface area (Å²) < 4.78 is 10.2. The minimum Gasteiger partial charge on any atom is -0.377 e. The summed E-state index contributed by atoms with van der Waals surface area (Å²) in [6.45, 7) is 4.74. The fraction of sp³-hybridized carbons (Fsp3) is 0.667. The van der Waals surface area contributed by atoms with Crippen LogP contribution in [-0.2, 0) is 9.47 Å². The molecule has 0 atom stereocenters. The summed E-state index contributed by atoms with van der Waals surface area (Å²) in [6.07, 6.45) is 6.74. The molecule has 0 aromatic rings. The number of hydrogen-bond acceptors (Lipinski definition) is 3. The third-order valence-corrected chi connectivity index (χ3v) is 1.10. The second-order valence-corrected chi connectivity index (χ2v) is 2.03. The molecule has 0 fully saturated rings. The summed E-state index contributed by atoms with van der Waals surface area (Å²) in [5, 5.41) is 0. The highest BCUT2D eigenvalue weighted by atomic mass is 16.5. The lowest BCUT2D eigenvalue weighted by Gasteiger charge is -2.01. The SMILES string of the molecule is C#CCOCCOCC/N=C\C. The minimum absolute atomic E-state index is 0.358. The van der Waals surface area contributed by atoms with Crippen molar-refractivity contribution in [3.63, 3.8) is 0 Å². The van der Waals surface area contributed by atoms with Gasteiger partial charge in [-0.25, -0.2) is 0 Å². The fourth-order valence-electron chi connectivity index (χ4n) is 0.597. The molecule has 0 aromatic heterocycles. The molecule has 0 saturated heterocycles. The van der Waals surface area contributed by atoms with E-state index in [-0.39, 0.29) is 0 Å². The maximum Gasteiger partial charge on any atom is 0.107 e. The van der Waals surface area contributed by atoms with Gasteiger partial charge < -0.3 is 9.47 Å². The van der Waals surface area contributed by atoms with Crippen LogP contribution in [0.1, 0.15) is 6.92 Å². The van der Waals surface area contributed by atoms with Crippen molar-refractivity contribution < 1.29 is 9.47 Å². The molecule has 0 aromatic carbocycles. The molecule has 0 rings (SSSR count). The molecule has 3 heteroatoms. The number of ether oxygens (including phenoxy) is 2. The normalized spacial score (nSPS) is 10.3. The average molecular weight is 169 g/mol. The van der Waals surface area contributed by atoms with Crippen LogP contribution in [0.3, 0.4) is 0 Å². The second-order valence-electron chi connectivity index (χ2n) is 2.03. The molecule has 0 spiro atoms. The number of terminal acetylenes is 1. The molecule has 0 bridgehead atoms. The third kappa shape index (κ3) is 9.15. The Bertz CT molecular complexity index is 149. The van der Waals surface area contributed by atoms with Crippen LogP contribution in [0.5, 0.6) is 0 Å². The van der Waals surface area contributed by atoms with Crippen molar-refractivity contribution in [2.75, 3.05) is 33.0 Å². The van der Waals surface area contributed by atoms with E-state index in [1.54, 1.807) is 6.21 Å². The van der Waals surface area contributed by atoms with Crippen LogP contribution in [0, 0.1) is 12.3 Å². The van der Waals surface area contributed by atoms with Gasteiger partial charge in [-0.15, -0.1) is 6.42 Å². The van der Waals surface area contributed by atoms with Crippen molar-refractivity contribution >= 4 is 6.21 Å². The summed E-state index contributed by atoms with van der Waals surface area (Å²) in [5.41, 5.74) is 0. The highest BCUT2D eigenvalue weighted by molar-refractivity contribution is 5.53. The Kier molecular flexibility index (Phi) is 9.43. The highest BCUT2D eigenvalue weighted by Gasteiger charge is 1.86. The molecule has 3 nitrogen and oxygen atoms in total. The van der Waals surface area contributed by atoms with Gasteiger partial charge >= 0.3 is 0 Å². The number of aliphatic imine (C=N–C) groups is 1. The summed E-state index contributed by atoms with van der Waals surface area (Å²) in [7, 11) is 0.